The average Bonchev–Trinajstić information content (AvgIpc) is 3.94. The Labute approximate surface area is 353 Å². The Morgan fingerprint density at radius 1 is 0.833 bits per heavy atom. The Kier molecular flexibility index (Phi) is 11.5. The molecule has 5 aliphatic heterocycles. The van der Waals surface area contributed by atoms with Gasteiger partial charge < -0.3 is 35.1 Å². The number of piperazine rings is 2. The SMILES string of the molecule is CN(C)C(=O)C1=CC2=CNC(Nc3ccc(N4CCN(c5cccc(N6CCN(CCc7cccc(C8CCC(=O)NC8=O)c7)CC6)c5)CC4)cn3)=NC2N1C1CCCC1. The highest BCUT2D eigenvalue weighted by Crippen LogP contribution is 2.37. The van der Waals surface area contributed by atoms with Gasteiger partial charge >= 0.3 is 0 Å². The van der Waals surface area contributed by atoms with E-state index in [1.165, 1.54) is 29.8 Å². The maximum atomic E-state index is 13.1. The Balaban J connectivity index is 0.743. The van der Waals surface area contributed by atoms with Crippen LogP contribution in [0.4, 0.5) is 22.9 Å². The minimum atomic E-state index is -0.242. The summed E-state index contributed by atoms with van der Waals surface area (Å²) >= 11 is 0. The molecule has 4 fully saturated rings. The number of rotatable bonds is 10. The molecule has 3 amide bonds. The number of amides is 3. The molecule has 2 aromatic carbocycles. The molecule has 0 radical (unpaired) electrons. The van der Waals surface area contributed by atoms with Crippen molar-refractivity contribution in [3.05, 3.63) is 102 Å². The molecule has 0 spiro atoms. The van der Waals surface area contributed by atoms with Crippen LogP contribution in [-0.4, -0.2) is 129 Å². The van der Waals surface area contributed by atoms with Gasteiger partial charge in [-0.1, -0.05) is 43.2 Å². The zero-order valence-electron chi connectivity index (χ0n) is 34.9. The summed E-state index contributed by atoms with van der Waals surface area (Å²) in [6.45, 7) is 8.67. The number of fused-ring (bicyclic) bond motifs is 1. The van der Waals surface area contributed by atoms with Crippen molar-refractivity contribution in [2.75, 3.05) is 93.0 Å². The van der Waals surface area contributed by atoms with E-state index >= 15 is 0 Å². The maximum absolute atomic E-state index is 13.1. The fourth-order valence-corrected chi connectivity index (χ4v) is 9.58. The van der Waals surface area contributed by atoms with Crippen LogP contribution in [0, 0.1) is 0 Å². The highest BCUT2D eigenvalue weighted by atomic mass is 16.2. The van der Waals surface area contributed by atoms with Gasteiger partial charge in [0.15, 0.2) is 6.17 Å². The maximum Gasteiger partial charge on any atom is 0.269 e. The van der Waals surface area contributed by atoms with Gasteiger partial charge in [0.1, 0.15) is 11.5 Å². The van der Waals surface area contributed by atoms with Crippen LogP contribution >= 0.6 is 0 Å². The molecule has 1 aliphatic carbocycles. The second kappa shape index (κ2) is 17.4. The van der Waals surface area contributed by atoms with E-state index in [0.29, 0.717) is 24.8 Å². The predicted octanol–water partition coefficient (Wildman–Crippen LogP) is 4.10. The first-order chi connectivity index (χ1) is 29.3. The fourth-order valence-electron chi connectivity index (χ4n) is 9.58. The Morgan fingerprint density at radius 3 is 2.22 bits per heavy atom. The molecule has 1 saturated carbocycles. The number of aromatic nitrogens is 1. The van der Waals surface area contributed by atoms with Gasteiger partial charge in [-0.3, -0.25) is 24.6 Å². The van der Waals surface area contributed by atoms with Crippen molar-refractivity contribution in [2.24, 2.45) is 4.99 Å². The van der Waals surface area contributed by atoms with Crippen molar-refractivity contribution in [1.29, 1.82) is 0 Å². The van der Waals surface area contributed by atoms with Crippen LogP contribution in [0.3, 0.4) is 0 Å². The second-order valence-corrected chi connectivity index (χ2v) is 17.1. The molecule has 0 bridgehead atoms. The number of guanidine groups is 1. The zero-order chi connectivity index (χ0) is 41.2. The highest BCUT2D eigenvalue weighted by molar-refractivity contribution is 6.01. The summed E-state index contributed by atoms with van der Waals surface area (Å²) in [6, 6.07) is 21.8. The molecule has 1 aromatic heterocycles. The van der Waals surface area contributed by atoms with Gasteiger partial charge in [-0.15, -0.1) is 0 Å². The lowest BCUT2D eigenvalue weighted by molar-refractivity contribution is -0.134. The largest absolute Gasteiger partial charge is 0.369 e. The zero-order valence-corrected chi connectivity index (χ0v) is 34.9. The minimum Gasteiger partial charge on any atom is -0.369 e. The summed E-state index contributed by atoms with van der Waals surface area (Å²) in [5, 5.41) is 9.16. The molecular formula is C46H57N11O3. The number of pyridine rings is 1. The van der Waals surface area contributed by atoms with Crippen LogP contribution in [0.25, 0.3) is 0 Å². The number of anilines is 4. The van der Waals surface area contributed by atoms with Gasteiger partial charge in [-0.05, 0) is 73.2 Å². The number of nitrogens with one attached hydrogen (secondary N) is 3. The third-order valence-corrected chi connectivity index (χ3v) is 13.0. The first-order valence-corrected chi connectivity index (χ1v) is 21.7. The van der Waals surface area contributed by atoms with E-state index in [-0.39, 0.29) is 29.8 Å². The van der Waals surface area contributed by atoms with Crippen LogP contribution in [0.5, 0.6) is 0 Å². The molecule has 60 heavy (non-hydrogen) atoms. The lowest BCUT2D eigenvalue weighted by atomic mass is 9.89. The Morgan fingerprint density at radius 2 is 1.53 bits per heavy atom. The smallest absolute Gasteiger partial charge is 0.269 e. The van der Waals surface area contributed by atoms with Gasteiger partial charge in [0, 0.05) is 109 Å². The summed E-state index contributed by atoms with van der Waals surface area (Å²) in [7, 11) is 3.61. The van der Waals surface area contributed by atoms with E-state index in [4.69, 9.17) is 9.98 Å². The van der Waals surface area contributed by atoms with Crippen LogP contribution in [0.15, 0.2) is 95.4 Å². The molecule has 6 aliphatic rings. The summed E-state index contributed by atoms with van der Waals surface area (Å²) in [4.78, 5) is 60.8. The third kappa shape index (κ3) is 8.56. The van der Waals surface area contributed by atoms with Crippen molar-refractivity contribution in [3.63, 3.8) is 0 Å². The van der Waals surface area contributed by atoms with Gasteiger partial charge in [-0.25, -0.2) is 9.98 Å². The number of hydrogen-bond acceptors (Lipinski definition) is 12. The molecule has 9 rings (SSSR count). The van der Waals surface area contributed by atoms with Gasteiger partial charge in [0.05, 0.1) is 17.8 Å². The number of likely N-dealkylation sites (N-methyl/N-ethyl adjacent to an activating group) is 1. The van der Waals surface area contributed by atoms with Crippen LogP contribution in [0.2, 0.25) is 0 Å². The first kappa shape index (κ1) is 39.6. The number of piperidine rings is 1. The number of imide groups is 1. The number of nitrogens with zero attached hydrogens (tertiary/aromatic N) is 8. The van der Waals surface area contributed by atoms with Crippen molar-refractivity contribution >= 4 is 46.6 Å². The van der Waals surface area contributed by atoms with Crippen LogP contribution in [-0.2, 0) is 20.8 Å². The average molecular weight is 812 g/mol. The first-order valence-electron chi connectivity index (χ1n) is 21.7. The summed E-state index contributed by atoms with van der Waals surface area (Å²) < 4.78 is 0. The van der Waals surface area contributed by atoms with Crippen LogP contribution < -0.4 is 30.7 Å². The highest BCUT2D eigenvalue weighted by Gasteiger charge is 2.41. The topological polar surface area (TPSA) is 132 Å². The third-order valence-electron chi connectivity index (χ3n) is 13.0. The summed E-state index contributed by atoms with van der Waals surface area (Å²) in [5.41, 5.74) is 7.62. The molecule has 14 nitrogen and oxygen atoms in total. The van der Waals surface area contributed by atoms with Crippen molar-refractivity contribution < 1.29 is 14.4 Å². The number of aliphatic imine (C=N–C) groups is 1. The van der Waals surface area contributed by atoms with E-state index in [1.54, 1.807) is 19.0 Å². The van der Waals surface area contributed by atoms with Crippen molar-refractivity contribution in [1.82, 2.24) is 30.3 Å². The normalized spacial score (nSPS) is 22.5. The molecule has 3 N–H and O–H groups in total. The molecule has 2 unspecified atom stereocenters. The Bertz CT molecular complexity index is 2160. The number of carbonyl (C=O) groups is 3. The van der Waals surface area contributed by atoms with Gasteiger partial charge in [0.25, 0.3) is 5.91 Å². The fraction of sp³-hybridized carbons (Fsp3) is 0.457. The van der Waals surface area contributed by atoms with E-state index in [0.717, 1.165) is 107 Å². The standard InChI is InChI=1S/C46H57N11O3/c1-52(2)45(60)40-28-34-30-48-46(51-43(34)57(40)35-9-3-4-10-35)49-41-15-13-38(31-47-41)56-25-23-55(24-26-56)37-12-6-11-36(29-37)54-21-19-53(20-22-54)18-17-32-7-5-8-33(27-32)39-14-16-42(58)50-44(39)59/h5-8,11-13,15,27-31,35,39,43H,3-4,9-10,14,16-26H2,1-2H3,(H,50,58,59)(H2,47,48,49,51). The second-order valence-electron chi connectivity index (χ2n) is 17.1. The minimum absolute atomic E-state index is 0.0151. The van der Waals surface area contributed by atoms with E-state index in [1.807, 2.05) is 36.7 Å². The summed E-state index contributed by atoms with van der Waals surface area (Å²) in [5.74, 6) is 0.771. The molecule has 3 saturated heterocycles. The number of carbonyl (C=O) groups excluding carboxylic acids is 3. The molecule has 6 heterocycles. The molecule has 14 heteroatoms. The van der Waals surface area contributed by atoms with Gasteiger partial charge in [-0.2, -0.15) is 0 Å². The van der Waals surface area contributed by atoms with Crippen molar-refractivity contribution in [3.8, 4) is 0 Å². The number of hydrogen-bond donors (Lipinski definition) is 3. The van der Waals surface area contributed by atoms with Crippen molar-refractivity contribution in [2.45, 2.75) is 63.1 Å². The quantitative estimate of drug-likeness (QED) is 0.256. The molecule has 3 aromatic rings. The number of benzene rings is 2. The summed E-state index contributed by atoms with van der Waals surface area (Å²) in [6.07, 6.45) is 12.1. The van der Waals surface area contributed by atoms with E-state index in [2.05, 4.69) is 82.9 Å². The molecular weight excluding hydrogens is 755 g/mol. The lowest BCUT2D eigenvalue weighted by Gasteiger charge is -2.39. The van der Waals surface area contributed by atoms with Crippen LogP contribution in [0.1, 0.15) is 55.6 Å². The van der Waals surface area contributed by atoms with Gasteiger partial charge in [0.2, 0.25) is 17.8 Å². The molecule has 2 atom stereocenters. The molecule has 314 valence electrons. The Hall–Kier alpha value is -5.89. The lowest BCUT2D eigenvalue weighted by Crippen LogP contribution is -2.47. The van der Waals surface area contributed by atoms with E-state index < -0.39 is 0 Å². The predicted molar refractivity (Wildman–Crippen MR) is 236 cm³/mol. The monoisotopic (exact) mass is 811 g/mol. The van der Waals surface area contributed by atoms with E-state index in [9.17, 15) is 14.4 Å².